The zero-order chi connectivity index (χ0) is 18.2. The van der Waals surface area contributed by atoms with E-state index in [1.807, 2.05) is 20.8 Å². The van der Waals surface area contributed by atoms with Crippen LogP contribution in [0, 0.1) is 0 Å². The molecule has 0 aliphatic heterocycles. The number of rotatable bonds is 13. The molecule has 0 saturated carbocycles. The van der Waals surface area contributed by atoms with Crippen molar-refractivity contribution in [1.29, 1.82) is 0 Å². The molecule has 142 valence electrons. The lowest BCUT2D eigenvalue weighted by atomic mass is 10.3. The Morgan fingerprint density at radius 1 is 0.696 bits per heavy atom. The lowest BCUT2D eigenvalue weighted by Gasteiger charge is -2.31. The zero-order valence-electron chi connectivity index (χ0n) is 14.5. The molecule has 0 amide bonds. The van der Waals surface area contributed by atoms with Crippen LogP contribution in [0.4, 0.5) is 17.3 Å². The molecule has 0 rings (SSSR count). The SMILES string of the molecule is CCC[N+](CCOCCOCC)(OCC)OCC.F[B-](F)(F)F. The van der Waals surface area contributed by atoms with Crippen LogP contribution in [0.2, 0.25) is 0 Å². The normalized spacial score (nSPS) is 12.0. The molecule has 23 heavy (non-hydrogen) atoms. The number of ether oxygens (including phenoxy) is 2. The first-order valence-electron chi connectivity index (χ1n) is 7.93. The van der Waals surface area contributed by atoms with Gasteiger partial charge in [-0.3, -0.25) is 0 Å². The van der Waals surface area contributed by atoms with Crippen molar-refractivity contribution in [3.8, 4) is 0 Å². The first kappa shape index (κ1) is 24.8. The average molecular weight is 351 g/mol. The smallest absolute Gasteiger partial charge is 0.418 e. The molecule has 0 atom stereocenters. The van der Waals surface area contributed by atoms with E-state index in [0.717, 1.165) is 19.6 Å². The van der Waals surface area contributed by atoms with Gasteiger partial charge in [-0.1, -0.05) is 6.92 Å². The number of hydrogen-bond donors (Lipinski definition) is 0. The van der Waals surface area contributed by atoms with Crippen LogP contribution in [0.25, 0.3) is 0 Å². The highest BCUT2D eigenvalue weighted by Gasteiger charge is 2.30. The maximum Gasteiger partial charge on any atom is 0.673 e. The fraction of sp³-hybridized carbons (Fsp3) is 1.00. The number of quaternary nitrogens is 1. The van der Waals surface area contributed by atoms with E-state index in [1.165, 1.54) is 0 Å². The Morgan fingerprint density at radius 2 is 1.17 bits per heavy atom. The molecule has 5 nitrogen and oxygen atoms in total. The number of hydrogen-bond acceptors (Lipinski definition) is 4. The molecule has 0 saturated heterocycles. The van der Waals surface area contributed by atoms with E-state index in [4.69, 9.17) is 19.1 Å². The predicted octanol–water partition coefficient (Wildman–Crippen LogP) is 3.47. The summed E-state index contributed by atoms with van der Waals surface area (Å²) in [5.41, 5.74) is 0. The van der Waals surface area contributed by atoms with Crippen molar-refractivity contribution in [2.24, 2.45) is 0 Å². The fourth-order valence-electron chi connectivity index (χ4n) is 1.79. The topological polar surface area (TPSA) is 36.9 Å². The number of halogens is 4. The van der Waals surface area contributed by atoms with Gasteiger partial charge in [-0.2, -0.15) is 9.68 Å². The van der Waals surface area contributed by atoms with Gasteiger partial charge in [0.2, 0.25) is 0 Å². The number of hydroxylamine groups is 4. The summed E-state index contributed by atoms with van der Waals surface area (Å²) in [4.78, 5) is 11.7. The molecule has 0 bridgehead atoms. The Bertz CT molecular complexity index is 238. The Kier molecular flexibility index (Phi) is 16.3. The summed E-state index contributed by atoms with van der Waals surface area (Å²) in [6, 6.07) is 0. The maximum atomic E-state index is 9.75. The van der Waals surface area contributed by atoms with Gasteiger partial charge in [-0.25, -0.2) is 0 Å². The van der Waals surface area contributed by atoms with E-state index in [-0.39, 0.29) is 4.81 Å². The van der Waals surface area contributed by atoms with Crippen molar-refractivity contribution in [2.75, 3.05) is 52.7 Å². The van der Waals surface area contributed by atoms with Crippen LogP contribution in [-0.2, 0) is 19.1 Å². The van der Waals surface area contributed by atoms with Crippen LogP contribution in [0.15, 0.2) is 0 Å². The molecule has 0 aliphatic rings. The number of nitrogens with zero attached hydrogens (tertiary/aromatic N) is 1. The summed E-state index contributed by atoms with van der Waals surface area (Å²) >= 11 is 0. The van der Waals surface area contributed by atoms with Gasteiger partial charge >= 0.3 is 7.25 Å². The van der Waals surface area contributed by atoms with Crippen molar-refractivity contribution in [3.05, 3.63) is 0 Å². The minimum atomic E-state index is -6.00. The van der Waals surface area contributed by atoms with E-state index < -0.39 is 7.25 Å². The second-order valence-corrected chi connectivity index (χ2v) is 4.40. The fourth-order valence-corrected chi connectivity index (χ4v) is 1.79. The van der Waals surface area contributed by atoms with Crippen molar-refractivity contribution in [3.63, 3.8) is 0 Å². The molecule has 0 radical (unpaired) electrons. The molecule has 0 fully saturated rings. The van der Waals surface area contributed by atoms with Crippen LogP contribution in [0.3, 0.4) is 0 Å². The van der Waals surface area contributed by atoms with Crippen LogP contribution < -0.4 is 0 Å². The highest BCUT2D eigenvalue weighted by molar-refractivity contribution is 6.50. The molecule has 0 N–H and O–H groups in total. The second-order valence-electron chi connectivity index (χ2n) is 4.40. The quantitative estimate of drug-likeness (QED) is 0.167. The van der Waals surface area contributed by atoms with Crippen LogP contribution in [0.5, 0.6) is 0 Å². The van der Waals surface area contributed by atoms with Crippen LogP contribution in [0.1, 0.15) is 34.1 Å². The largest absolute Gasteiger partial charge is 0.673 e. The standard InChI is InChI=1S/C13H30NO4.BF4/c1-5-9-14(17-7-3,18-8-4)10-11-16-13-12-15-6-2;2-1(3,4)5/h5-13H2,1-4H3;/q+1;-1. The van der Waals surface area contributed by atoms with Gasteiger partial charge in [0.15, 0.2) is 6.54 Å². The third kappa shape index (κ3) is 19.5. The molecular formula is C13H30BF4NO4. The second kappa shape index (κ2) is 15.1. The van der Waals surface area contributed by atoms with Crippen LogP contribution in [-0.4, -0.2) is 64.8 Å². The van der Waals surface area contributed by atoms with Gasteiger partial charge in [0.05, 0.1) is 13.2 Å². The van der Waals surface area contributed by atoms with Gasteiger partial charge in [-0.05, 0) is 32.0 Å². The predicted molar refractivity (Wildman–Crippen MR) is 81.0 cm³/mol. The first-order chi connectivity index (χ1) is 10.7. The summed E-state index contributed by atoms with van der Waals surface area (Å²) in [5, 5.41) is 0. The van der Waals surface area contributed by atoms with E-state index in [9.17, 15) is 17.3 Å². The molecule has 0 aromatic carbocycles. The summed E-state index contributed by atoms with van der Waals surface area (Å²) in [6.07, 6.45) is 1.01. The molecule has 0 aromatic rings. The van der Waals surface area contributed by atoms with Gasteiger partial charge in [0, 0.05) is 6.61 Å². The Hall–Kier alpha value is -0.415. The minimum Gasteiger partial charge on any atom is -0.418 e. The Labute approximate surface area is 136 Å². The minimum absolute atomic E-state index is 0.234. The van der Waals surface area contributed by atoms with Gasteiger partial charge in [0.25, 0.3) is 0 Å². The molecule has 0 aromatic heterocycles. The van der Waals surface area contributed by atoms with Gasteiger partial charge in [0.1, 0.15) is 26.4 Å². The lowest BCUT2D eigenvalue weighted by molar-refractivity contribution is -1.25. The first-order valence-corrected chi connectivity index (χ1v) is 7.93. The van der Waals surface area contributed by atoms with Crippen molar-refractivity contribution in [2.45, 2.75) is 34.1 Å². The lowest BCUT2D eigenvalue weighted by Crippen LogP contribution is -2.50. The highest BCUT2D eigenvalue weighted by Crippen LogP contribution is 2.11. The van der Waals surface area contributed by atoms with E-state index in [2.05, 4.69) is 6.92 Å². The molecule has 0 spiro atoms. The average Bonchev–Trinajstić information content (AvgIpc) is 2.42. The molecule has 0 unspecified atom stereocenters. The van der Waals surface area contributed by atoms with E-state index in [0.29, 0.717) is 39.6 Å². The van der Waals surface area contributed by atoms with Gasteiger partial charge < -0.3 is 26.7 Å². The maximum absolute atomic E-state index is 9.75. The van der Waals surface area contributed by atoms with Crippen molar-refractivity contribution in [1.82, 2.24) is 0 Å². The summed E-state index contributed by atoms with van der Waals surface area (Å²) in [5.74, 6) is 0. The Morgan fingerprint density at radius 3 is 1.57 bits per heavy atom. The monoisotopic (exact) mass is 351 g/mol. The third-order valence-electron chi connectivity index (χ3n) is 2.45. The van der Waals surface area contributed by atoms with Gasteiger partial charge in [-0.15, -0.1) is 0 Å². The summed E-state index contributed by atoms with van der Waals surface area (Å²) < 4.78 is 49.7. The molecule has 10 heteroatoms. The van der Waals surface area contributed by atoms with E-state index in [1.54, 1.807) is 0 Å². The summed E-state index contributed by atoms with van der Waals surface area (Å²) in [6.45, 7) is 13.5. The molecule has 0 aliphatic carbocycles. The van der Waals surface area contributed by atoms with Crippen LogP contribution >= 0.6 is 0 Å². The van der Waals surface area contributed by atoms with E-state index >= 15 is 0 Å². The zero-order valence-corrected chi connectivity index (χ0v) is 14.5. The van der Waals surface area contributed by atoms with Crippen molar-refractivity contribution < 1.29 is 41.2 Å². The Balaban J connectivity index is 0. The third-order valence-corrected chi connectivity index (χ3v) is 2.45. The summed E-state index contributed by atoms with van der Waals surface area (Å²) in [7, 11) is -6.00. The highest BCUT2D eigenvalue weighted by atomic mass is 19.5. The molecular weight excluding hydrogens is 321 g/mol. The van der Waals surface area contributed by atoms with Crippen molar-refractivity contribution >= 4 is 7.25 Å². The molecule has 0 heterocycles.